The molecule has 5 heteroatoms. The van der Waals surface area contributed by atoms with Crippen molar-refractivity contribution in [3.63, 3.8) is 0 Å². The fourth-order valence-electron chi connectivity index (χ4n) is 1.55. The Kier molecular flexibility index (Phi) is 4.14. The molecule has 0 saturated carbocycles. The van der Waals surface area contributed by atoms with E-state index in [0.717, 1.165) is 4.88 Å². The van der Waals surface area contributed by atoms with Crippen LogP contribution in [0.4, 0.5) is 4.39 Å². The Balaban J connectivity index is 2.08. The number of benzene rings is 1. The van der Waals surface area contributed by atoms with Crippen molar-refractivity contribution < 1.29 is 9.18 Å². The summed E-state index contributed by atoms with van der Waals surface area (Å²) in [6, 6.07) is 8.42. The molecule has 0 radical (unpaired) electrons. The Bertz CT molecular complexity index is 562. The first kappa shape index (κ1) is 13.2. The van der Waals surface area contributed by atoms with Crippen molar-refractivity contribution in [1.82, 2.24) is 5.32 Å². The second kappa shape index (κ2) is 5.63. The summed E-state index contributed by atoms with van der Waals surface area (Å²) in [5.74, 6) is -0.935. The van der Waals surface area contributed by atoms with Crippen LogP contribution in [0.25, 0.3) is 0 Å². The number of halogens is 2. The summed E-state index contributed by atoms with van der Waals surface area (Å²) in [4.78, 5) is 14.1. The molecular weight excluding hydrogens is 317 g/mol. The number of nitrogens with one attached hydrogen (secondary N) is 1. The van der Waals surface area contributed by atoms with Crippen LogP contribution >= 0.6 is 27.3 Å². The van der Waals surface area contributed by atoms with Crippen LogP contribution in [-0.4, -0.2) is 5.91 Å². The van der Waals surface area contributed by atoms with Gasteiger partial charge in [0, 0.05) is 14.2 Å². The molecule has 1 amide bonds. The molecule has 94 valence electrons. The predicted molar refractivity (Wildman–Crippen MR) is 74.3 cm³/mol. The molecule has 0 aliphatic rings. The smallest absolute Gasteiger partial charge is 0.255 e. The maximum Gasteiger partial charge on any atom is 0.255 e. The number of aryl methyl sites for hydroxylation is 1. The number of carbonyl (C=O) groups is 1. The maximum atomic E-state index is 13.5. The highest BCUT2D eigenvalue weighted by molar-refractivity contribution is 9.10. The van der Waals surface area contributed by atoms with E-state index in [2.05, 4.69) is 21.2 Å². The third kappa shape index (κ3) is 2.97. The Morgan fingerprint density at radius 1 is 1.39 bits per heavy atom. The molecule has 18 heavy (non-hydrogen) atoms. The average Bonchev–Trinajstić information content (AvgIpc) is 2.72. The summed E-state index contributed by atoms with van der Waals surface area (Å²) in [7, 11) is 0. The van der Waals surface area contributed by atoms with Gasteiger partial charge in [-0.2, -0.15) is 0 Å². The van der Waals surface area contributed by atoms with E-state index in [0.29, 0.717) is 11.0 Å². The van der Waals surface area contributed by atoms with E-state index in [4.69, 9.17) is 0 Å². The highest BCUT2D eigenvalue weighted by Crippen LogP contribution is 2.20. The van der Waals surface area contributed by atoms with Crippen LogP contribution in [0.2, 0.25) is 0 Å². The number of thiophene rings is 1. The van der Waals surface area contributed by atoms with Gasteiger partial charge in [0.05, 0.1) is 12.1 Å². The molecule has 2 nitrogen and oxygen atoms in total. The molecule has 1 N–H and O–H groups in total. The monoisotopic (exact) mass is 327 g/mol. The lowest BCUT2D eigenvalue weighted by Gasteiger charge is -2.06. The van der Waals surface area contributed by atoms with Crippen molar-refractivity contribution in [1.29, 1.82) is 0 Å². The van der Waals surface area contributed by atoms with Crippen LogP contribution in [-0.2, 0) is 6.54 Å². The van der Waals surface area contributed by atoms with Gasteiger partial charge < -0.3 is 5.32 Å². The van der Waals surface area contributed by atoms with Gasteiger partial charge in [-0.05, 0) is 47.1 Å². The van der Waals surface area contributed by atoms with Crippen molar-refractivity contribution in [2.75, 3.05) is 0 Å². The molecule has 1 aromatic heterocycles. The number of amides is 1. The zero-order valence-corrected chi connectivity index (χ0v) is 12.1. The van der Waals surface area contributed by atoms with E-state index in [-0.39, 0.29) is 5.56 Å². The lowest BCUT2D eigenvalue weighted by atomic mass is 10.2. The zero-order chi connectivity index (χ0) is 13.1. The SMILES string of the molecule is Cc1ccc(CNC(=O)c2c(F)cccc2Br)s1. The fourth-order valence-corrected chi connectivity index (χ4v) is 2.90. The van der Waals surface area contributed by atoms with E-state index in [9.17, 15) is 9.18 Å². The van der Waals surface area contributed by atoms with E-state index < -0.39 is 11.7 Å². The summed E-state index contributed by atoms with van der Waals surface area (Å²) in [5, 5.41) is 2.71. The molecule has 1 heterocycles. The van der Waals surface area contributed by atoms with E-state index >= 15 is 0 Å². The van der Waals surface area contributed by atoms with Crippen molar-refractivity contribution >= 4 is 33.2 Å². The maximum absolute atomic E-state index is 13.5. The highest BCUT2D eigenvalue weighted by atomic mass is 79.9. The van der Waals surface area contributed by atoms with E-state index in [1.165, 1.54) is 10.9 Å². The van der Waals surface area contributed by atoms with Gasteiger partial charge in [-0.3, -0.25) is 4.79 Å². The molecule has 0 bridgehead atoms. The Morgan fingerprint density at radius 3 is 2.78 bits per heavy atom. The normalized spacial score (nSPS) is 10.4. The summed E-state index contributed by atoms with van der Waals surface area (Å²) < 4.78 is 14.0. The number of rotatable bonds is 3. The van der Waals surface area contributed by atoms with E-state index in [1.54, 1.807) is 23.5 Å². The minimum Gasteiger partial charge on any atom is -0.347 e. The van der Waals surface area contributed by atoms with Crippen LogP contribution in [0.5, 0.6) is 0 Å². The molecule has 2 aromatic rings. The highest BCUT2D eigenvalue weighted by Gasteiger charge is 2.14. The standard InChI is InChI=1S/C13H11BrFNOS/c1-8-5-6-9(18-8)7-16-13(17)12-10(14)3-2-4-11(12)15/h2-6H,7H2,1H3,(H,16,17). The van der Waals surface area contributed by atoms with Crippen molar-refractivity contribution in [3.05, 3.63) is 55.9 Å². The minimum absolute atomic E-state index is 0.0470. The molecular formula is C13H11BrFNOS. The second-order valence-corrected chi connectivity index (χ2v) is 6.02. The minimum atomic E-state index is -0.524. The first-order valence-electron chi connectivity index (χ1n) is 5.35. The molecule has 1 aromatic carbocycles. The third-order valence-electron chi connectivity index (χ3n) is 2.41. The van der Waals surface area contributed by atoms with Gasteiger partial charge in [0.15, 0.2) is 0 Å². The van der Waals surface area contributed by atoms with Gasteiger partial charge in [0.2, 0.25) is 0 Å². The van der Waals surface area contributed by atoms with Gasteiger partial charge >= 0.3 is 0 Å². The van der Waals surface area contributed by atoms with Gasteiger partial charge in [-0.25, -0.2) is 4.39 Å². The zero-order valence-electron chi connectivity index (χ0n) is 9.67. The Hall–Kier alpha value is -1.20. The topological polar surface area (TPSA) is 29.1 Å². The van der Waals surface area contributed by atoms with Crippen molar-refractivity contribution in [2.24, 2.45) is 0 Å². The van der Waals surface area contributed by atoms with Crippen LogP contribution < -0.4 is 5.32 Å². The molecule has 0 atom stereocenters. The fraction of sp³-hybridized carbons (Fsp3) is 0.154. The molecule has 2 rings (SSSR count). The lowest BCUT2D eigenvalue weighted by Crippen LogP contribution is -2.23. The second-order valence-electron chi connectivity index (χ2n) is 3.79. The first-order chi connectivity index (χ1) is 8.58. The summed E-state index contributed by atoms with van der Waals surface area (Å²) >= 11 is 4.79. The Morgan fingerprint density at radius 2 is 2.17 bits per heavy atom. The lowest BCUT2D eigenvalue weighted by molar-refractivity contribution is 0.0946. The molecule has 0 unspecified atom stereocenters. The van der Waals surface area contributed by atoms with Gasteiger partial charge in [0.25, 0.3) is 5.91 Å². The van der Waals surface area contributed by atoms with Crippen LogP contribution in [0, 0.1) is 12.7 Å². The number of carbonyl (C=O) groups excluding carboxylic acids is 1. The van der Waals surface area contributed by atoms with Crippen LogP contribution in [0.3, 0.4) is 0 Å². The van der Waals surface area contributed by atoms with Crippen molar-refractivity contribution in [3.8, 4) is 0 Å². The quantitative estimate of drug-likeness (QED) is 0.910. The van der Waals surface area contributed by atoms with Crippen LogP contribution in [0.1, 0.15) is 20.1 Å². The van der Waals surface area contributed by atoms with Gasteiger partial charge in [0.1, 0.15) is 5.82 Å². The summed E-state index contributed by atoms with van der Waals surface area (Å²) in [6.07, 6.45) is 0. The number of hydrogen-bond donors (Lipinski definition) is 1. The molecule has 0 aliphatic carbocycles. The molecule has 0 fully saturated rings. The number of hydrogen-bond acceptors (Lipinski definition) is 2. The summed E-state index contributed by atoms with van der Waals surface area (Å²) in [5.41, 5.74) is 0.0470. The van der Waals surface area contributed by atoms with Crippen molar-refractivity contribution in [2.45, 2.75) is 13.5 Å². The van der Waals surface area contributed by atoms with Crippen LogP contribution in [0.15, 0.2) is 34.8 Å². The first-order valence-corrected chi connectivity index (χ1v) is 6.96. The Labute approximate surface area is 117 Å². The molecule has 0 saturated heterocycles. The van der Waals surface area contributed by atoms with Gasteiger partial charge in [-0.1, -0.05) is 6.07 Å². The van der Waals surface area contributed by atoms with E-state index in [1.807, 2.05) is 19.1 Å². The molecule has 0 spiro atoms. The molecule has 0 aliphatic heterocycles. The summed E-state index contributed by atoms with van der Waals surface area (Å²) in [6.45, 7) is 2.42. The predicted octanol–water partition coefficient (Wildman–Crippen LogP) is 3.89. The third-order valence-corrected chi connectivity index (χ3v) is 4.07. The largest absolute Gasteiger partial charge is 0.347 e. The average molecular weight is 328 g/mol. The van der Waals surface area contributed by atoms with Gasteiger partial charge in [-0.15, -0.1) is 11.3 Å².